The molecule has 0 amide bonds. The highest BCUT2D eigenvalue weighted by atomic mass is 35.5. The Balaban J connectivity index is 2.20. The Morgan fingerprint density at radius 2 is 1.86 bits per heavy atom. The first kappa shape index (κ1) is 16.6. The number of aromatic nitrogens is 1. The van der Waals surface area contributed by atoms with Crippen molar-refractivity contribution in [2.45, 2.75) is 58.7 Å². The molecule has 0 unspecified atom stereocenters. The van der Waals surface area contributed by atoms with E-state index in [0.29, 0.717) is 17.5 Å². The summed E-state index contributed by atoms with van der Waals surface area (Å²) in [6, 6.07) is 1.82. The van der Waals surface area contributed by atoms with Gasteiger partial charge in [-0.05, 0) is 40.2 Å². The molecule has 0 bridgehead atoms. The minimum absolute atomic E-state index is 0.395. The van der Waals surface area contributed by atoms with Crippen molar-refractivity contribution in [3.05, 3.63) is 17.3 Å². The molecule has 1 aliphatic rings. The molecule has 0 aliphatic carbocycles. The van der Waals surface area contributed by atoms with Gasteiger partial charge in [0.15, 0.2) is 0 Å². The van der Waals surface area contributed by atoms with Gasteiger partial charge >= 0.3 is 7.12 Å². The van der Waals surface area contributed by atoms with E-state index in [1.807, 2.05) is 33.8 Å². The molecular weight excluding hydrogens is 288 g/mol. The van der Waals surface area contributed by atoms with Crippen LogP contribution in [0.1, 0.15) is 47.5 Å². The molecule has 1 aliphatic heterocycles. The van der Waals surface area contributed by atoms with E-state index in [1.54, 1.807) is 6.20 Å². The second-order valence-electron chi connectivity index (χ2n) is 6.31. The maximum atomic E-state index is 6.41. The first-order chi connectivity index (χ1) is 9.78. The van der Waals surface area contributed by atoms with Crippen molar-refractivity contribution in [3.8, 4) is 5.88 Å². The van der Waals surface area contributed by atoms with Gasteiger partial charge in [0.25, 0.3) is 0 Å². The van der Waals surface area contributed by atoms with Gasteiger partial charge in [0.05, 0.1) is 17.8 Å². The van der Waals surface area contributed by atoms with Gasteiger partial charge in [0, 0.05) is 11.7 Å². The molecule has 6 heteroatoms. The lowest BCUT2D eigenvalue weighted by Gasteiger charge is -2.32. The zero-order valence-corrected chi connectivity index (χ0v) is 14.2. The number of halogens is 1. The third kappa shape index (κ3) is 3.36. The Morgan fingerprint density at radius 1 is 1.24 bits per heavy atom. The van der Waals surface area contributed by atoms with Crippen LogP contribution in [0.15, 0.2) is 12.3 Å². The lowest BCUT2D eigenvalue weighted by atomic mass is 9.79. The largest absolute Gasteiger partial charge is 0.496 e. The zero-order valence-electron chi connectivity index (χ0n) is 13.4. The highest BCUT2D eigenvalue weighted by molar-refractivity contribution is 6.65. The van der Waals surface area contributed by atoms with Crippen molar-refractivity contribution in [1.29, 1.82) is 0 Å². The molecular formula is C15H23BClNO3. The van der Waals surface area contributed by atoms with Crippen molar-refractivity contribution in [2.75, 3.05) is 6.61 Å². The molecule has 21 heavy (non-hydrogen) atoms. The summed E-state index contributed by atoms with van der Waals surface area (Å²) in [6.07, 6.45) is 3.71. The third-order valence-electron chi connectivity index (χ3n) is 4.13. The van der Waals surface area contributed by atoms with Crippen molar-refractivity contribution < 1.29 is 14.0 Å². The molecule has 0 radical (unpaired) electrons. The molecule has 116 valence electrons. The molecule has 2 rings (SSSR count). The van der Waals surface area contributed by atoms with E-state index < -0.39 is 18.3 Å². The normalized spacial score (nSPS) is 19.8. The number of pyridine rings is 1. The molecule has 0 aromatic carbocycles. The monoisotopic (exact) mass is 311 g/mol. The smallest absolute Gasteiger partial charge is 0.477 e. The Morgan fingerprint density at radius 3 is 2.43 bits per heavy atom. The lowest BCUT2D eigenvalue weighted by molar-refractivity contribution is 0.00578. The SMILES string of the molecule is CCCCOc1nccc(B2OC(C)(C)C(C)(C)O2)c1Cl. The molecule has 1 aromatic rings. The number of hydrogen-bond acceptors (Lipinski definition) is 4. The van der Waals surface area contributed by atoms with Crippen LogP contribution in [0, 0.1) is 0 Å². The summed E-state index contributed by atoms with van der Waals surface area (Å²) in [7, 11) is -0.501. The summed E-state index contributed by atoms with van der Waals surface area (Å²) in [5.74, 6) is 0.442. The van der Waals surface area contributed by atoms with Crippen molar-refractivity contribution in [3.63, 3.8) is 0 Å². The van der Waals surface area contributed by atoms with Crippen LogP contribution in [0.2, 0.25) is 5.02 Å². The Hall–Kier alpha value is -0.775. The van der Waals surface area contributed by atoms with Gasteiger partial charge in [-0.25, -0.2) is 4.98 Å². The van der Waals surface area contributed by atoms with Crippen LogP contribution in [-0.4, -0.2) is 29.9 Å². The average molecular weight is 312 g/mol. The predicted molar refractivity (Wildman–Crippen MR) is 85.4 cm³/mol. The van der Waals surface area contributed by atoms with Crippen LogP contribution in [0.4, 0.5) is 0 Å². The van der Waals surface area contributed by atoms with Crippen LogP contribution >= 0.6 is 11.6 Å². The summed E-state index contributed by atoms with van der Waals surface area (Å²) in [5, 5.41) is 0.465. The average Bonchev–Trinajstić information content (AvgIpc) is 2.60. The minimum atomic E-state index is -0.501. The number of ether oxygens (including phenoxy) is 1. The van der Waals surface area contributed by atoms with Gasteiger partial charge < -0.3 is 14.0 Å². The second-order valence-corrected chi connectivity index (χ2v) is 6.69. The molecule has 0 atom stereocenters. The van der Waals surface area contributed by atoms with Crippen LogP contribution in [0.5, 0.6) is 5.88 Å². The highest BCUT2D eigenvalue weighted by Crippen LogP contribution is 2.37. The fraction of sp³-hybridized carbons (Fsp3) is 0.667. The van der Waals surface area contributed by atoms with Crippen LogP contribution in [-0.2, 0) is 9.31 Å². The number of nitrogens with zero attached hydrogens (tertiary/aromatic N) is 1. The zero-order chi connectivity index (χ0) is 15.7. The van der Waals surface area contributed by atoms with Gasteiger partial charge in [-0.3, -0.25) is 0 Å². The second kappa shape index (κ2) is 6.15. The van der Waals surface area contributed by atoms with Crippen molar-refractivity contribution in [2.24, 2.45) is 0 Å². The third-order valence-corrected chi connectivity index (χ3v) is 4.51. The van der Waals surface area contributed by atoms with E-state index in [4.69, 9.17) is 25.6 Å². The van der Waals surface area contributed by atoms with Gasteiger partial charge in [-0.1, -0.05) is 24.9 Å². The Labute approximate surface area is 132 Å². The van der Waals surface area contributed by atoms with Gasteiger partial charge in [0.1, 0.15) is 5.02 Å². The molecule has 4 nitrogen and oxygen atoms in total. The van der Waals surface area contributed by atoms with Gasteiger partial charge in [0.2, 0.25) is 5.88 Å². The summed E-state index contributed by atoms with van der Waals surface area (Å²) in [6.45, 7) is 10.8. The maximum absolute atomic E-state index is 6.41. The van der Waals surface area contributed by atoms with Gasteiger partial charge in [-0.2, -0.15) is 0 Å². The summed E-state index contributed by atoms with van der Waals surface area (Å²) >= 11 is 6.41. The van der Waals surface area contributed by atoms with E-state index in [1.165, 1.54) is 0 Å². The quantitative estimate of drug-likeness (QED) is 0.618. The molecule has 2 heterocycles. The molecule has 1 saturated heterocycles. The molecule has 0 spiro atoms. The fourth-order valence-corrected chi connectivity index (χ4v) is 2.26. The predicted octanol–water partition coefficient (Wildman–Crippen LogP) is 3.21. The standard InChI is InChI=1S/C15H23BClNO3/c1-6-7-10-19-13-12(17)11(8-9-18-13)16-20-14(2,3)15(4,5)21-16/h8-9H,6-7,10H2,1-5H3. The van der Waals surface area contributed by atoms with E-state index in [9.17, 15) is 0 Å². The minimum Gasteiger partial charge on any atom is -0.477 e. The van der Waals surface area contributed by atoms with Crippen molar-refractivity contribution >= 4 is 24.2 Å². The van der Waals surface area contributed by atoms with Crippen LogP contribution in [0.25, 0.3) is 0 Å². The molecule has 0 saturated carbocycles. The van der Waals surface area contributed by atoms with Crippen LogP contribution < -0.4 is 10.2 Å². The topological polar surface area (TPSA) is 40.6 Å². The first-order valence-electron chi connectivity index (χ1n) is 7.41. The van der Waals surface area contributed by atoms with Gasteiger partial charge in [-0.15, -0.1) is 0 Å². The fourth-order valence-electron chi connectivity index (χ4n) is 2.00. The highest BCUT2D eigenvalue weighted by Gasteiger charge is 2.52. The number of hydrogen-bond donors (Lipinski definition) is 0. The molecule has 1 aromatic heterocycles. The van der Waals surface area contributed by atoms with Crippen LogP contribution in [0.3, 0.4) is 0 Å². The number of unbranched alkanes of at least 4 members (excludes halogenated alkanes) is 1. The van der Waals surface area contributed by atoms with E-state index in [-0.39, 0.29) is 0 Å². The number of rotatable bonds is 5. The first-order valence-corrected chi connectivity index (χ1v) is 7.79. The van der Waals surface area contributed by atoms with E-state index in [0.717, 1.165) is 18.3 Å². The van der Waals surface area contributed by atoms with E-state index in [2.05, 4.69) is 11.9 Å². The summed E-state index contributed by atoms with van der Waals surface area (Å²) < 4.78 is 17.7. The summed E-state index contributed by atoms with van der Waals surface area (Å²) in [4.78, 5) is 4.19. The lowest BCUT2D eigenvalue weighted by Crippen LogP contribution is -2.41. The summed E-state index contributed by atoms with van der Waals surface area (Å²) in [5.41, 5.74) is -0.0297. The maximum Gasteiger partial charge on any atom is 0.496 e. The Bertz CT molecular complexity index is 492. The molecule has 1 fully saturated rings. The van der Waals surface area contributed by atoms with Crippen molar-refractivity contribution in [1.82, 2.24) is 4.98 Å². The molecule has 0 N–H and O–H groups in total. The van der Waals surface area contributed by atoms with E-state index >= 15 is 0 Å². The Kier molecular flexibility index (Phi) is 4.86.